The first-order valence-corrected chi connectivity index (χ1v) is 9.69. The van der Waals surface area contributed by atoms with E-state index in [2.05, 4.69) is 15.1 Å². The fraction of sp³-hybridized carbons (Fsp3) is 0.227. The Hall–Kier alpha value is -3.52. The van der Waals surface area contributed by atoms with E-state index in [4.69, 9.17) is 14.0 Å². The van der Waals surface area contributed by atoms with E-state index < -0.39 is 0 Å². The second-order valence-corrected chi connectivity index (χ2v) is 6.92. The van der Waals surface area contributed by atoms with Gasteiger partial charge >= 0.3 is 0 Å². The van der Waals surface area contributed by atoms with Gasteiger partial charge in [0.05, 0.1) is 31.8 Å². The van der Waals surface area contributed by atoms with Gasteiger partial charge in [0, 0.05) is 5.56 Å². The summed E-state index contributed by atoms with van der Waals surface area (Å²) in [7, 11) is 0. The highest BCUT2D eigenvalue weighted by Gasteiger charge is 2.26. The molecule has 0 saturated heterocycles. The van der Waals surface area contributed by atoms with E-state index in [9.17, 15) is 4.39 Å². The van der Waals surface area contributed by atoms with Crippen LogP contribution in [-0.2, 0) is 17.9 Å². The highest BCUT2D eigenvalue weighted by atomic mass is 19.1. The summed E-state index contributed by atoms with van der Waals surface area (Å²) in [5.74, 6) is 1.35. The van der Waals surface area contributed by atoms with E-state index >= 15 is 0 Å². The van der Waals surface area contributed by atoms with Gasteiger partial charge < -0.3 is 18.6 Å². The van der Waals surface area contributed by atoms with Crippen LogP contribution in [0.4, 0.5) is 4.39 Å². The second-order valence-electron chi connectivity index (χ2n) is 6.92. The normalized spacial score (nSPS) is 15.7. The number of hydrogen-bond donors (Lipinski definition) is 0. The number of ether oxygens (including phenoxy) is 2. The van der Waals surface area contributed by atoms with Crippen molar-refractivity contribution in [2.24, 2.45) is 0 Å². The number of rotatable bonds is 5. The summed E-state index contributed by atoms with van der Waals surface area (Å²) in [5.41, 5.74) is 3.23. The van der Waals surface area contributed by atoms with Crippen LogP contribution in [0.15, 0.2) is 59.4 Å². The van der Waals surface area contributed by atoms with Crippen molar-refractivity contribution < 1.29 is 18.4 Å². The molecule has 4 aromatic rings. The van der Waals surface area contributed by atoms with Gasteiger partial charge in [-0.2, -0.15) is 4.98 Å². The molecule has 3 heterocycles. The summed E-state index contributed by atoms with van der Waals surface area (Å²) in [6.07, 6.45) is 1.58. The van der Waals surface area contributed by atoms with Crippen molar-refractivity contribution in [3.05, 3.63) is 71.9 Å². The van der Waals surface area contributed by atoms with Crippen molar-refractivity contribution in [1.82, 2.24) is 19.7 Å². The van der Waals surface area contributed by atoms with Gasteiger partial charge in [-0.3, -0.25) is 0 Å². The minimum atomic E-state index is -0.264. The van der Waals surface area contributed by atoms with Gasteiger partial charge in [0.2, 0.25) is 5.82 Å². The van der Waals surface area contributed by atoms with Gasteiger partial charge in [-0.05, 0) is 48.9 Å². The van der Waals surface area contributed by atoms with Crippen LogP contribution in [0, 0.1) is 5.82 Å². The molecule has 1 unspecified atom stereocenters. The summed E-state index contributed by atoms with van der Waals surface area (Å²) >= 11 is 0. The standard InChI is InChI=1S/C22H19FN4O3/c1-2-28-17-9-5-15(6-10-17)21-25-22(30-26-21)20-18-12-29-19(11-27(18)13-24-20)14-3-7-16(23)8-4-14/h3-10,13,19H,2,11-12H2,1H3. The average molecular weight is 406 g/mol. The second kappa shape index (κ2) is 7.72. The molecule has 0 amide bonds. The summed E-state index contributed by atoms with van der Waals surface area (Å²) in [4.78, 5) is 8.96. The Labute approximate surface area is 172 Å². The van der Waals surface area contributed by atoms with Crippen molar-refractivity contribution in [3.8, 4) is 28.7 Å². The minimum Gasteiger partial charge on any atom is -0.494 e. The van der Waals surface area contributed by atoms with Gasteiger partial charge in [-0.1, -0.05) is 17.3 Å². The van der Waals surface area contributed by atoms with Crippen molar-refractivity contribution >= 4 is 0 Å². The maximum absolute atomic E-state index is 13.2. The van der Waals surface area contributed by atoms with E-state index in [1.54, 1.807) is 18.5 Å². The molecule has 8 heteroatoms. The largest absolute Gasteiger partial charge is 0.494 e. The summed E-state index contributed by atoms with van der Waals surface area (Å²) in [6.45, 7) is 3.48. The predicted octanol–water partition coefficient (Wildman–Crippen LogP) is 4.41. The smallest absolute Gasteiger partial charge is 0.278 e. The van der Waals surface area contributed by atoms with Gasteiger partial charge in [0.15, 0.2) is 5.69 Å². The van der Waals surface area contributed by atoms with Crippen molar-refractivity contribution in [2.45, 2.75) is 26.2 Å². The predicted molar refractivity (Wildman–Crippen MR) is 106 cm³/mol. The van der Waals surface area contributed by atoms with Gasteiger partial charge in [0.1, 0.15) is 17.7 Å². The molecule has 1 aliphatic heterocycles. The topological polar surface area (TPSA) is 75.2 Å². The van der Waals surface area contributed by atoms with Gasteiger partial charge in [0.25, 0.3) is 5.89 Å². The van der Waals surface area contributed by atoms with Crippen LogP contribution in [0.3, 0.4) is 0 Å². The van der Waals surface area contributed by atoms with E-state index in [0.29, 0.717) is 37.2 Å². The zero-order valence-corrected chi connectivity index (χ0v) is 16.3. The zero-order valence-electron chi connectivity index (χ0n) is 16.3. The molecular formula is C22H19FN4O3. The van der Waals surface area contributed by atoms with Crippen LogP contribution in [0.5, 0.6) is 5.75 Å². The molecule has 1 atom stereocenters. The number of nitrogens with zero attached hydrogens (tertiary/aromatic N) is 4. The molecule has 0 N–H and O–H groups in total. The third-order valence-electron chi connectivity index (χ3n) is 5.02. The van der Waals surface area contributed by atoms with Crippen LogP contribution >= 0.6 is 0 Å². The Morgan fingerprint density at radius 2 is 1.93 bits per heavy atom. The molecule has 7 nitrogen and oxygen atoms in total. The van der Waals surface area contributed by atoms with Gasteiger partial charge in [-0.25, -0.2) is 9.37 Å². The molecule has 0 saturated carbocycles. The first kappa shape index (κ1) is 18.5. The fourth-order valence-electron chi connectivity index (χ4n) is 3.49. The van der Waals surface area contributed by atoms with E-state index in [-0.39, 0.29) is 11.9 Å². The SMILES string of the molecule is CCOc1ccc(-c2noc(-c3ncn4c3COC(c3ccc(F)cc3)C4)n2)cc1. The van der Waals surface area contributed by atoms with Crippen LogP contribution in [0.2, 0.25) is 0 Å². The third-order valence-corrected chi connectivity index (χ3v) is 5.02. The van der Waals surface area contributed by atoms with E-state index in [0.717, 1.165) is 22.6 Å². The van der Waals surface area contributed by atoms with Crippen molar-refractivity contribution in [3.63, 3.8) is 0 Å². The van der Waals surface area contributed by atoms with Gasteiger partial charge in [-0.15, -0.1) is 0 Å². The molecule has 152 valence electrons. The molecule has 0 spiro atoms. The number of imidazole rings is 1. The molecule has 2 aromatic carbocycles. The molecule has 0 fully saturated rings. The van der Waals surface area contributed by atoms with Crippen LogP contribution in [-0.4, -0.2) is 26.3 Å². The number of benzene rings is 2. The molecule has 5 rings (SSSR count). The Bertz CT molecular complexity index is 1150. The lowest BCUT2D eigenvalue weighted by molar-refractivity contribution is 0.00326. The lowest BCUT2D eigenvalue weighted by atomic mass is 10.1. The molecule has 2 aromatic heterocycles. The molecule has 30 heavy (non-hydrogen) atoms. The maximum Gasteiger partial charge on any atom is 0.278 e. The minimum absolute atomic E-state index is 0.165. The summed E-state index contributed by atoms with van der Waals surface area (Å²) < 4.78 is 32.1. The van der Waals surface area contributed by atoms with Crippen LogP contribution in [0.1, 0.15) is 24.3 Å². The average Bonchev–Trinajstić information content (AvgIpc) is 3.42. The van der Waals surface area contributed by atoms with E-state index in [1.165, 1.54) is 12.1 Å². The number of halogens is 1. The molecule has 1 aliphatic rings. The summed E-state index contributed by atoms with van der Waals surface area (Å²) in [6, 6.07) is 13.9. The molecular weight excluding hydrogens is 387 g/mol. The first-order valence-electron chi connectivity index (χ1n) is 9.69. The number of hydrogen-bond acceptors (Lipinski definition) is 6. The Morgan fingerprint density at radius 1 is 1.13 bits per heavy atom. The van der Waals surface area contributed by atoms with Crippen LogP contribution in [0.25, 0.3) is 23.0 Å². The molecule has 0 radical (unpaired) electrons. The lowest BCUT2D eigenvalue weighted by Crippen LogP contribution is -2.20. The molecule has 0 bridgehead atoms. The summed E-state index contributed by atoms with van der Waals surface area (Å²) in [5, 5.41) is 4.09. The Kier molecular flexibility index (Phi) is 4.76. The highest BCUT2D eigenvalue weighted by Crippen LogP contribution is 2.32. The highest BCUT2D eigenvalue weighted by molar-refractivity contribution is 5.59. The molecule has 0 aliphatic carbocycles. The Balaban J connectivity index is 1.36. The third kappa shape index (κ3) is 3.46. The van der Waals surface area contributed by atoms with Crippen molar-refractivity contribution in [2.75, 3.05) is 6.61 Å². The van der Waals surface area contributed by atoms with Crippen LogP contribution < -0.4 is 4.74 Å². The number of aromatic nitrogens is 4. The fourth-order valence-corrected chi connectivity index (χ4v) is 3.49. The monoisotopic (exact) mass is 406 g/mol. The number of fused-ring (bicyclic) bond motifs is 1. The van der Waals surface area contributed by atoms with E-state index in [1.807, 2.05) is 35.8 Å². The zero-order chi connectivity index (χ0) is 20.5. The first-order chi connectivity index (χ1) is 14.7. The Morgan fingerprint density at radius 3 is 2.70 bits per heavy atom. The van der Waals surface area contributed by atoms with Crippen molar-refractivity contribution in [1.29, 1.82) is 0 Å². The maximum atomic E-state index is 13.2. The lowest BCUT2D eigenvalue weighted by Gasteiger charge is -2.25. The quantitative estimate of drug-likeness (QED) is 0.489.